The highest BCUT2D eigenvalue weighted by Crippen LogP contribution is 2.56. The molecule has 6 nitrogen and oxygen atoms in total. The van der Waals surface area contributed by atoms with Crippen molar-refractivity contribution in [1.29, 1.82) is 0 Å². The summed E-state index contributed by atoms with van der Waals surface area (Å²) >= 11 is 0. The molecule has 4 aliphatic rings. The minimum Gasteiger partial charge on any atom is -0.325 e. The van der Waals surface area contributed by atoms with Gasteiger partial charge in [-0.3, -0.25) is 9.59 Å². The van der Waals surface area contributed by atoms with Crippen LogP contribution in [0.25, 0.3) is 0 Å². The van der Waals surface area contributed by atoms with Crippen molar-refractivity contribution in [2.24, 2.45) is 21.9 Å². The number of benzene rings is 2. The Morgan fingerprint density at radius 1 is 1.04 bits per heavy atom. The van der Waals surface area contributed by atoms with Gasteiger partial charge in [-0.2, -0.15) is 5.01 Å². The maximum Gasteiger partial charge on any atom is 0.259 e. The number of carbonyl (C=O) groups is 2. The molecule has 28 heavy (non-hydrogen) atoms. The second-order valence-corrected chi connectivity index (χ2v) is 7.79. The third-order valence-electron chi connectivity index (χ3n) is 6.50. The van der Waals surface area contributed by atoms with Crippen LogP contribution in [-0.4, -0.2) is 23.4 Å². The highest BCUT2D eigenvalue weighted by molar-refractivity contribution is 6.27. The molecule has 1 fully saturated rings. The normalized spacial score (nSPS) is 29.9. The summed E-state index contributed by atoms with van der Waals surface area (Å²) in [4.78, 5) is 31.9. The Kier molecular flexibility index (Phi) is 3.02. The highest BCUT2D eigenvalue weighted by Gasteiger charge is 2.66. The van der Waals surface area contributed by atoms with Crippen LogP contribution in [0.15, 0.2) is 64.7 Å². The molecular weight excluding hydrogens is 352 g/mol. The number of para-hydroxylation sites is 2. The Balaban J connectivity index is 1.59. The second kappa shape index (κ2) is 5.38. The number of carbonyl (C=O) groups excluding carboxylic acids is 2. The van der Waals surface area contributed by atoms with Crippen LogP contribution in [0.2, 0.25) is 0 Å². The molecule has 0 aromatic heterocycles. The van der Waals surface area contributed by atoms with Crippen LogP contribution in [-0.2, 0) is 15.0 Å². The lowest BCUT2D eigenvalue weighted by molar-refractivity contribution is -0.130. The minimum atomic E-state index is -0.955. The molecule has 1 aliphatic carbocycles. The van der Waals surface area contributed by atoms with Crippen molar-refractivity contribution in [2.45, 2.75) is 24.7 Å². The molecule has 3 atom stereocenters. The van der Waals surface area contributed by atoms with E-state index in [1.807, 2.05) is 54.6 Å². The summed E-state index contributed by atoms with van der Waals surface area (Å²) in [5, 5.41) is 9.04. The molecule has 3 heterocycles. The molecule has 6 heteroatoms. The van der Waals surface area contributed by atoms with E-state index in [0.717, 1.165) is 36.2 Å². The number of nitrogens with one attached hydrogen (secondary N) is 1. The first-order chi connectivity index (χ1) is 13.7. The van der Waals surface area contributed by atoms with Gasteiger partial charge in [0.15, 0.2) is 5.84 Å². The summed E-state index contributed by atoms with van der Waals surface area (Å²) in [6, 6.07) is 17.1. The van der Waals surface area contributed by atoms with Crippen molar-refractivity contribution in [3.05, 3.63) is 60.2 Å². The fraction of sp³-hybridized carbons (Fsp3) is 0.273. The fourth-order valence-electron chi connectivity index (χ4n) is 5.42. The lowest BCUT2D eigenvalue weighted by Gasteiger charge is -2.40. The lowest BCUT2D eigenvalue weighted by atomic mass is 9.60. The summed E-state index contributed by atoms with van der Waals surface area (Å²) in [6.45, 7) is 0. The molecule has 138 valence electrons. The summed E-state index contributed by atoms with van der Waals surface area (Å²) < 4.78 is 0. The Hall–Kier alpha value is -3.28. The van der Waals surface area contributed by atoms with Crippen LogP contribution in [0, 0.1) is 11.8 Å². The van der Waals surface area contributed by atoms with Gasteiger partial charge in [0.2, 0.25) is 5.91 Å². The molecular formula is C22H18N4O2. The second-order valence-electron chi connectivity index (χ2n) is 7.79. The van der Waals surface area contributed by atoms with E-state index in [1.165, 1.54) is 5.01 Å². The van der Waals surface area contributed by atoms with Crippen molar-refractivity contribution in [1.82, 2.24) is 0 Å². The molecule has 1 N–H and O–H groups in total. The maximum absolute atomic E-state index is 13.6. The maximum atomic E-state index is 13.6. The first kappa shape index (κ1) is 15.7. The molecule has 1 spiro atoms. The van der Waals surface area contributed by atoms with Crippen molar-refractivity contribution in [2.75, 3.05) is 10.3 Å². The first-order valence-electron chi connectivity index (χ1n) is 9.67. The number of aliphatic imine (C=N–C) groups is 1. The van der Waals surface area contributed by atoms with Gasteiger partial charge in [0.1, 0.15) is 11.3 Å². The predicted molar refractivity (Wildman–Crippen MR) is 106 cm³/mol. The summed E-state index contributed by atoms with van der Waals surface area (Å²) in [6.07, 6.45) is 2.70. The average Bonchev–Trinajstić information content (AvgIpc) is 3.39. The predicted octanol–water partition coefficient (Wildman–Crippen LogP) is 3.11. The highest BCUT2D eigenvalue weighted by atomic mass is 16.2. The average molecular weight is 370 g/mol. The molecule has 6 rings (SSSR count). The SMILES string of the molecule is O=C1C2C(=NN1c1ccccc1)N=C1CCCC1C21C(=O)Nc2ccccc21. The quantitative estimate of drug-likeness (QED) is 0.838. The standard InChI is InChI=1S/C22H18N4O2/c27-20-18-19(25-26(20)13-7-2-1-3-8-13)23-16-12-6-10-15(16)22(18)14-9-4-5-11-17(14)24-21(22)28/h1-5,7-9,11,15,18H,6,10,12H2,(H,24,28). The molecule has 1 saturated carbocycles. The van der Waals surface area contributed by atoms with Gasteiger partial charge in [-0.1, -0.05) is 36.4 Å². The van der Waals surface area contributed by atoms with E-state index in [1.54, 1.807) is 0 Å². The number of amides is 2. The number of rotatable bonds is 1. The van der Waals surface area contributed by atoms with Gasteiger partial charge in [-0.05, 0) is 43.0 Å². The summed E-state index contributed by atoms with van der Waals surface area (Å²) in [5.41, 5.74) is 2.45. The number of anilines is 2. The van der Waals surface area contributed by atoms with Crippen molar-refractivity contribution >= 4 is 34.7 Å². The van der Waals surface area contributed by atoms with Crippen LogP contribution in [0.1, 0.15) is 24.8 Å². The van der Waals surface area contributed by atoms with E-state index < -0.39 is 11.3 Å². The first-order valence-corrected chi connectivity index (χ1v) is 9.67. The van der Waals surface area contributed by atoms with Gasteiger partial charge in [-0.25, -0.2) is 4.99 Å². The van der Waals surface area contributed by atoms with Crippen molar-refractivity contribution in [3.8, 4) is 0 Å². The molecule has 0 saturated heterocycles. The zero-order valence-corrected chi connectivity index (χ0v) is 15.1. The Bertz CT molecular complexity index is 1090. The number of amidine groups is 1. The molecule has 0 radical (unpaired) electrons. The minimum absolute atomic E-state index is 0.0558. The van der Waals surface area contributed by atoms with Crippen molar-refractivity contribution in [3.63, 3.8) is 0 Å². The molecule has 0 bridgehead atoms. The zero-order chi connectivity index (χ0) is 18.9. The summed E-state index contributed by atoms with van der Waals surface area (Å²) in [7, 11) is 0. The Labute approximate surface area is 162 Å². The Morgan fingerprint density at radius 3 is 2.68 bits per heavy atom. The smallest absolute Gasteiger partial charge is 0.259 e. The number of hydrogen-bond donors (Lipinski definition) is 1. The fourth-order valence-corrected chi connectivity index (χ4v) is 5.42. The monoisotopic (exact) mass is 370 g/mol. The molecule has 3 unspecified atom stereocenters. The number of nitrogens with zero attached hydrogens (tertiary/aromatic N) is 3. The van der Waals surface area contributed by atoms with Gasteiger partial charge >= 0.3 is 0 Å². The number of hydrazone groups is 1. The number of fused-ring (bicyclic) bond motifs is 6. The van der Waals surface area contributed by atoms with Crippen LogP contribution < -0.4 is 10.3 Å². The van der Waals surface area contributed by atoms with Gasteiger partial charge in [0.25, 0.3) is 5.91 Å². The van der Waals surface area contributed by atoms with Gasteiger partial charge < -0.3 is 5.32 Å². The van der Waals surface area contributed by atoms with Gasteiger partial charge in [0, 0.05) is 17.3 Å². The van der Waals surface area contributed by atoms with Crippen LogP contribution >= 0.6 is 0 Å². The molecule has 2 aromatic rings. The third kappa shape index (κ3) is 1.77. The van der Waals surface area contributed by atoms with E-state index in [2.05, 4.69) is 10.4 Å². The zero-order valence-electron chi connectivity index (χ0n) is 15.1. The van der Waals surface area contributed by atoms with Crippen LogP contribution in [0.3, 0.4) is 0 Å². The van der Waals surface area contributed by atoms with Gasteiger partial charge in [-0.15, -0.1) is 5.10 Å². The van der Waals surface area contributed by atoms with E-state index in [-0.39, 0.29) is 17.7 Å². The largest absolute Gasteiger partial charge is 0.325 e. The van der Waals surface area contributed by atoms with Gasteiger partial charge in [0.05, 0.1) is 5.69 Å². The lowest BCUT2D eigenvalue weighted by Crippen LogP contribution is -2.57. The van der Waals surface area contributed by atoms with Crippen molar-refractivity contribution < 1.29 is 9.59 Å². The molecule has 2 aromatic carbocycles. The summed E-state index contributed by atoms with van der Waals surface area (Å²) in [5.74, 6) is -0.562. The Morgan fingerprint density at radius 2 is 1.82 bits per heavy atom. The van der Waals surface area contributed by atoms with E-state index >= 15 is 0 Å². The third-order valence-corrected chi connectivity index (χ3v) is 6.50. The van der Waals surface area contributed by atoms with E-state index in [9.17, 15) is 9.59 Å². The van der Waals surface area contributed by atoms with E-state index in [0.29, 0.717) is 11.5 Å². The van der Waals surface area contributed by atoms with Crippen LogP contribution in [0.4, 0.5) is 11.4 Å². The van der Waals surface area contributed by atoms with E-state index in [4.69, 9.17) is 4.99 Å². The topological polar surface area (TPSA) is 74.1 Å². The molecule has 2 amide bonds. The van der Waals surface area contributed by atoms with Crippen LogP contribution in [0.5, 0.6) is 0 Å². The number of hydrogen-bond acceptors (Lipinski definition) is 4. The molecule has 3 aliphatic heterocycles.